The van der Waals surface area contributed by atoms with E-state index in [1.807, 2.05) is 0 Å². The smallest absolute Gasteiger partial charge is 0.0396 e. The fraction of sp³-hybridized carbons (Fsp3) is 0.625. The number of hydrogen-bond acceptors (Lipinski definition) is 3. The molecule has 0 fully saturated rings. The van der Waals surface area contributed by atoms with Crippen LogP contribution in [0.1, 0.15) is 24.5 Å². The molecule has 2 rings (SSSR count). The fourth-order valence-corrected chi connectivity index (χ4v) is 2.85. The van der Waals surface area contributed by atoms with Crippen molar-refractivity contribution in [2.75, 3.05) is 39.1 Å². The van der Waals surface area contributed by atoms with Crippen molar-refractivity contribution in [3.05, 3.63) is 29.3 Å². The summed E-state index contributed by atoms with van der Waals surface area (Å²) >= 11 is 0. The summed E-state index contributed by atoms with van der Waals surface area (Å²) in [5, 5.41) is 3.59. The fourth-order valence-electron chi connectivity index (χ4n) is 2.85. The molecular weight excluding hydrogens is 234 g/mol. The molecule has 3 heteroatoms. The minimum absolute atomic E-state index is 0.522. The Morgan fingerprint density at radius 2 is 2.16 bits per heavy atom. The predicted molar refractivity (Wildman–Crippen MR) is 82.9 cm³/mol. The monoisotopic (exact) mass is 261 g/mol. The highest BCUT2D eigenvalue weighted by Gasteiger charge is 2.13. The average Bonchev–Trinajstić information content (AvgIpc) is 2.36. The predicted octanol–water partition coefficient (Wildman–Crippen LogP) is 2.11. The van der Waals surface area contributed by atoms with E-state index in [-0.39, 0.29) is 0 Å². The summed E-state index contributed by atoms with van der Waals surface area (Å²) in [6.07, 6.45) is 2.50. The van der Waals surface area contributed by atoms with E-state index in [0.29, 0.717) is 6.04 Å². The van der Waals surface area contributed by atoms with E-state index < -0.39 is 0 Å². The topological polar surface area (TPSA) is 18.5 Å². The molecule has 0 bridgehead atoms. The number of rotatable bonds is 5. The lowest BCUT2D eigenvalue weighted by molar-refractivity contribution is 0.349. The van der Waals surface area contributed by atoms with Crippen LogP contribution in [-0.4, -0.2) is 45.2 Å². The second-order valence-corrected chi connectivity index (χ2v) is 6.03. The van der Waals surface area contributed by atoms with Gasteiger partial charge in [-0.25, -0.2) is 0 Å². The van der Waals surface area contributed by atoms with Gasteiger partial charge in [0.2, 0.25) is 0 Å². The molecule has 0 spiro atoms. The average molecular weight is 261 g/mol. The van der Waals surface area contributed by atoms with E-state index in [1.54, 1.807) is 0 Å². The number of fused-ring (bicyclic) bond motifs is 1. The van der Waals surface area contributed by atoms with Gasteiger partial charge in [0.05, 0.1) is 0 Å². The van der Waals surface area contributed by atoms with Gasteiger partial charge in [0.1, 0.15) is 0 Å². The van der Waals surface area contributed by atoms with Crippen LogP contribution >= 0.6 is 0 Å². The second-order valence-electron chi connectivity index (χ2n) is 6.03. The molecule has 3 nitrogen and oxygen atoms in total. The van der Waals surface area contributed by atoms with E-state index in [1.165, 1.54) is 36.2 Å². The third-order valence-electron chi connectivity index (χ3n) is 3.79. The van der Waals surface area contributed by atoms with E-state index in [4.69, 9.17) is 0 Å². The molecule has 1 aromatic carbocycles. The molecule has 1 aliphatic heterocycles. The van der Waals surface area contributed by atoms with Crippen LogP contribution in [0.4, 0.5) is 5.69 Å². The van der Waals surface area contributed by atoms with Crippen LogP contribution in [0, 0.1) is 0 Å². The summed E-state index contributed by atoms with van der Waals surface area (Å²) in [5.74, 6) is 0. The van der Waals surface area contributed by atoms with Gasteiger partial charge in [-0.1, -0.05) is 12.1 Å². The van der Waals surface area contributed by atoms with E-state index in [0.717, 1.165) is 13.1 Å². The van der Waals surface area contributed by atoms with Crippen LogP contribution < -0.4 is 10.2 Å². The van der Waals surface area contributed by atoms with Gasteiger partial charge in [-0.3, -0.25) is 0 Å². The van der Waals surface area contributed by atoms with Gasteiger partial charge >= 0.3 is 0 Å². The molecule has 1 aliphatic rings. The van der Waals surface area contributed by atoms with Crippen molar-refractivity contribution in [1.29, 1.82) is 0 Å². The van der Waals surface area contributed by atoms with Crippen molar-refractivity contribution in [1.82, 2.24) is 10.2 Å². The molecule has 0 amide bonds. The molecule has 0 aromatic heterocycles. The van der Waals surface area contributed by atoms with Crippen molar-refractivity contribution < 1.29 is 0 Å². The maximum Gasteiger partial charge on any atom is 0.0396 e. The van der Waals surface area contributed by atoms with Crippen LogP contribution in [0.15, 0.2) is 18.2 Å². The zero-order valence-corrected chi connectivity index (χ0v) is 12.7. The number of hydrogen-bond donors (Lipinski definition) is 1. The van der Waals surface area contributed by atoms with E-state index in [9.17, 15) is 0 Å². The third kappa shape index (κ3) is 3.95. The van der Waals surface area contributed by atoms with Crippen LogP contribution in [0.3, 0.4) is 0 Å². The SMILES string of the molecule is CC(CN(C)C)NCc1ccc2c(c1)CCCN2C. The van der Waals surface area contributed by atoms with Gasteiger partial charge in [0, 0.05) is 38.4 Å². The Morgan fingerprint density at radius 3 is 2.89 bits per heavy atom. The standard InChI is InChI=1S/C16H27N3/c1-13(12-18(2)3)17-11-14-7-8-16-15(10-14)6-5-9-19(16)4/h7-8,10,13,17H,5-6,9,11-12H2,1-4H3. The maximum absolute atomic E-state index is 3.59. The summed E-state index contributed by atoms with van der Waals surface area (Å²) in [7, 11) is 6.43. The minimum Gasteiger partial charge on any atom is -0.374 e. The number of anilines is 1. The Labute approximate surface area is 117 Å². The van der Waals surface area contributed by atoms with Crippen LogP contribution in [0.25, 0.3) is 0 Å². The summed E-state index contributed by atoms with van der Waals surface area (Å²) in [4.78, 5) is 4.59. The number of nitrogens with zero attached hydrogens (tertiary/aromatic N) is 2. The molecule has 1 N–H and O–H groups in total. The highest BCUT2D eigenvalue weighted by atomic mass is 15.1. The van der Waals surface area contributed by atoms with Gasteiger partial charge in [-0.15, -0.1) is 0 Å². The summed E-state index contributed by atoms with van der Waals surface area (Å²) in [5.41, 5.74) is 4.32. The Hall–Kier alpha value is -1.06. The highest BCUT2D eigenvalue weighted by molar-refractivity contribution is 5.56. The van der Waals surface area contributed by atoms with Crippen molar-refractivity contribution >= 4 is 5.69 Å². The van der Waals surface area contributed by atoms with Crippen LogP contribution in [-0.2, 0) is 13.0 Å². The first kappa shape index (κ1) is 14.4. The molecular formula is C16H27N3. The Bertz CT molecular complexity index is 414. The largest absolute Gasteiger partial charge is 0.374 e. The first-order valence-corrected chi connectivity index (χ1v) is 7.27. The molecule has 0 saturated heterocycles. The lowest BCUT2D eigenvalue weighted by atomic mass is 9.99. The quantitative estimate of drug-likeness (QED) is 0.876. The lowest BCUT2D eigenvalue weighted by Crippen LogP contribution is -2.35. The maximum atomic E-state index is 3.59. The zero-order chi connectivity index (χ0) is 13.8. The number of benzene rings is 1. The van der Waals surface area contributed by atoms with Crippen molar-refractivity contribution in [2.45, 2.75) is 32.4 Å². The molecule has 1 atom stereocenters. The molecule has 19 heavy (non-hydrogen) atoms. The van der Waals surface area contributed by atoms with Crippen LogP contribution in [0.5, 0.6) is 0 Å². The molecule has 1 unspecified atom stereocenters. The van der Waals surface area contributed by atoms with Crippen molar-refractivity contribution in [3.63, 3.8) is 0 Å². The Kier molecular flexibility index (Phi) is 4.83. The van der Waals surface area contributed by atoms with Crippen molar-refractivity contribution in [2.24, 2.45) is 0 Å². The summed E-state index contributed by atoms with van der Waals surface area (Å²) in [6, 6.07) is 7.44. The first-order valence-electron chi connectivity index (χ1n) is 7.27. The normalized spacial score (nSPS) is 16.6. The Morgan fingerprint density at radius 1 is 1.37 bits per heavy atom. The number of likely N-dealkylation sites (N-methyl/N-ethyl adjacent to an activating group) is 1. The zero-order valence-electron chi connectivity index (χ0n) is 12.7. The molecule has 0 saturated carbocycles. The molecule has 0 radical (unpaired) electrons. The van der Waals surface area contributed by atoms with Gasteiger partial charge in [-0.2, -0.15) is 0 Å². The molecule has 1 aromatic rings. The van der Waals surface area contributed by atoms with Gasteiger partial charge in [0.15, 0.2) is 0 Å². The Balaban J connectivity index is 1.95. The van der Waals surface area contributed by atoms with Crippen LogP contribution in [0.2, 0.25) is 0 Å². The van der Waals surface area contributed by atoms with E-state index in [2.05, 4.69) is 61.4 Å². The minimum atomic E-state index is 0.522. The number of aryl methyl sites for hydroxylation is 1. The van der Waals surface area contributed by atoms with Crippen molar-refractivity contribution in [3.8, 4) is 0 Å². The van der Waals surface area contributed by atoms with Gasteiger partial charge < -0.3 is 15.1 Å². The summed E-state index contributed by atoms with van der Waals surface area (Å²) in [6.45, 7) is 5.47. The number of nitrogens with one attached hydrogen (secondary N) is 1. The third-order valence-corrected chi connectivity index (χ3v) is 3.79. The molecule has 0 aliphatic carbocycles. The van der Waals surface area contributed by atoms with Gasteiger partial charge in [0.25, 0.3) is 0 Å². The molecule has 106 valence electrons. The molecule has 1 heterocycles. The van der Waals surface area contributed by atoms with E-state index >= 15 is 0 Å². The second kappa shape index (κ2) is 6.40. The lowest BCUT2D eigenvalue weighted by Gasteiger charge is -2.28. The first-order chi connectivity index (χ1) is 9.06. The summed E-state index contributed by atoms with van der Waals surface area (Å²) < 4.78 is 0. The highest BCUT2D eigenvalue weighted by Crippen LogP contribution is 2.26. The van der Waals surface area contributed by atoms with Gasteiger partial charge in [-0.05, 0) is 51.1 Å².